The number of imidazole rings is 1. The Kier molecular flexibility index (Phi) is 6.75. The molecule has 0 spiro atoms. The Morgan fingerprint density at radius 1 is 1.21 bits per heavy atom. The van der Waals surface area contributed by atoms with Crippen molar-refractivity contribution in [2.45, 2.75) is 45.8 Å². The number of rotatable bonds is 5. The van der Waals surface area contributed by atoms with Crippen LogP contribution in [-0.4, -0.2) is 53.3 Å². The lowest BCUT2D eigenvalue weighted by atomic mass is 10.0. The average Bonchev–Trinajstić information content (AvgIpc) is 3.52. The van der Waals surface area contributed by atoms with E-state index in [1.54, 1.807) is 35.3 Å². The van der Waals surface area contributed by atoms with E-state index in [4.69, 9.17) is 4.74 Å². The van der Waals surface area contributed by atoms with Gasteiger partial charge >= 0.3 is 0 Å². The first kappa shape index (κ1) is 24.9. The molecule has 192 valence electrons. The quantitative estimate of drug-likeness (QED) is 0.375. The third-order valence-corrected chi connectivity index (χ3v) is 6.68. The Balaban J connectivity index is 1.45. The van der Waals surface area contributed by atoms with Crippen molar-refractivity contribution in [3.63, 3.8) is 0 Å². The van der Waals surface area contributed by atoms with Gasteiger partial charge < -0.3 is 9.64 Å². The number of nitrogens with zero attached hydrogens (tertiary/aromatic N) is 8. The maximum atomic E-state index is 13.4. The summed E-state index contributed by atoms with van der Waals surface area (Å²) in [6.07, 6.45) is 3.60. The summed E-state index contributed by atoms with van der Waals surface area (Å²) in [5.74, 6) is 5.06. The molecule has 38 heavy (non-hydrogen) atoms. The van der Waals surface area contributed by atoms with Crippen LogP contribution in [0.4, 0.5) is 4.39 Å². The number of piperidine rings is 1. The lowest BCUT2D eigenvalue weighted by molar-refractivity contribution is -0.126. The topological polar surface area (TPSA) is 114 Å². The Labute approximate surface area is 218 Å². The molecule has 5 heterocycles. The van der Waals surface area contributed by atoms with Crippen molar-refractivity contribution >= 4 is 11.6 Å². The fourth-order valence-corrected chi connectivity index (χ4v) is 4.70. The van der Waals surface area contributed by atoms with E-state index >= 15 is 0 Å². The molecule has 10 nitrogen and oxygen atoms in total. The Bertz CT molecular complexity index is 1600. The molecule has 0 aliphatic carbocycles. The van der Waals surface area contributed by atoms with Crippen molar-refractivity contribution < 1.29 is 13.9 Å². The van der Waals surface area contributed by atoms with E-state index in [1.165, 1.54) is 12.3 Å². The monoisotopic (exact) mass is 512 g/mol. The van der Waals surface area contributed by atoms with Crippen molar-refractivity contribution in [1.29, 1.82) is 5.26 Å². The molecule has 1 atom stereocenters. The third-order valence-electron chi connectivity index (χ3n) is 6.68. The van der Waals surface area contributed by atoms with Crippen molar-refractivity contribution in [2.75, 3.05) is 13.1 Å². The molecule has 0 aromatic carbocycles. The second kappa shape index (κ2) is 10.3. The third kappa shape index (κ3) is 4.66. The first-order valence-corrected chi connectivity index (χ1v) is 12.2. The largest absolute Gasteiger partial charge is 0.469 e. The highest BCUT2D eigenvalue weighted by Crippen LogP contribution is 2.32. The van der Waals surface area contributed by atoms with Gasteiger partial charge in [-0.3, -0.25) is 14.2 Å². The number of fused-ring (bicyclic) bond motifs is 1. The van der Waals surface area contributed by atoms with Crippen molar-refractivity contribution in [2.24, 2.45) is 0 Å². The summed E-state index contributed by atoms with van der Waals surface area (Å²) in [5.41, 5.74) is 3.65. The van der Waals surface area contributed by atoms with Crippen LogP contribution < -0.4 is 4.74 Å². The Morgan fingerprint density at radius 2 is 2.00 bits per heavy atom. The minimum Gasteiger partial charge on any atom is -0.469 e. The number of hydrogen-bond donors (Lipinski definition) is 0. The molecule has 0 bridgehead atoms. The summed E-state index contributed by atoms with van der Waals surface area (Å²) in [6, 6.07) is 8.75. The van der Waals surface area contributed by atoms with Crippen LogP contribution in [0.15, 0.2) is 36.7 Å². The molecule has 1 aliphatic heterocycles. The number of ether oxygens (including phenoxy) is 1. The maximum Gasteiger partial charge on any atom is 0.298 e. The number of carbonyl (C=O) groups excluding carboxylic acids is 1. The number of carbonyl (C=O) groups is 1. The SMILES string of the molecule is CC#CC(=O)N1CCC(n2nnc(-c3cc(O[C@H](C)c4ccc(F)cn4)n4c(C#N)cnc4c3)c2C)CC1. The predicted octanol–water partition coefficient (Wildman–Crippen LogP) is 3.63. The molecule has 1 saturated heterocycles. The average molecular weight is 513 g/mol. The Hall–Kier alpha value is -4.77. The van der Waals surface area contributed by atoms with E-state index in [-0.39, 0.29) is 11.9 Å². The summed E-state index contributed by atoms with van der Waals surface area (Å²) < 4.78 is 23.1. The van der Waals surface area contributed by atoms with Gasteiger partial charge in [0.05, 0.1) is 29.8 Å². The Morgan fingerprint density at radius 3 is 2.68 bits per heavy atom. The van der Waals surface area contributed by atoms with E-state index in [2.05, 4.69) is 38.2 Å². The summed E-state index contributed by atoms with van der Waals surface area (Å²) in [7, 11) is 0. The van der Waals surface area contributed by atoms with Crippen LogP contribution >= 0.6 is 0 Å². The van der Waals surface area contributed by atoms with E-state index in [0.29, 0.717) is 41.7 Å². The molecule has 5 rings (SSSR count). The van der Waals surface area contributed by atoms with Gasteiger partial charge in [0.25, 0.3) is 5.91 Å². The van der Waals surface area contributed by atoms with E-state index < -0.39 is 11.9 Å². The fraction of sp³-hybridized carbons (Fsp3) is 0.333. The molecule has 1 aliphatic rings. The van der Waals surface area contributed by atoms with Gasteiger partial charge in [-0.1, -0.05) is 11.1 Å². The first-order valence-electron chi connectivity index (χ1n) is 12.2. The van der Waals surface area contributed by atoms with Crippen LogP contribution in [0, 0.1) is 35.9 Å². The van der Waals surface area contributed by atoms with Gasteiger partial charge in [0.2, 0.25) is 5.88 Å². The number of aromatic nitrogens is 6. The van der Waals surface area contributed by atoms with E-state index in [9.17, 15) is 14.4 Å². The second-order valence-corrected chi connectivity index (χ2v) is 9.06. The molecule has 4 aromatic heterocycles. The molecule has 1 fully saturated rings. The number of amides is 1. The van der Waals surface area contributed by atoms with Crippen molar-refractivity contribution in [3.8, 4) is 35.0 Å². The van der Waals surface area contributed by atoms with Crippen LogP contribution in [0.5, 0.6) is 5.88 Å². The standard InChI is InChI=1S/C27H25FN8O2/c1-4-5-25(37)34-10-8-21(9-11-34)36-17(2)27(32-33-36)19-12-24-31-16-22(14-29)35(24)26(13-19)38-18(3)23-7-6-20(28)15-30-23/h6-7,12-13,15-16,18,21H,8-11H2,1-3H3/t18-/m1/s1. The van der Waals surface area contributed by atoms with Crippen LogP contribution in [0.25, 0.3) is 16.9 Å². The van der Waals surface area contributed by atoms with E-state index in [1.807, 2.05) is 17.7 Å². The van der Waals surface area contributed by atoms with Crippen molar-refractivity contribution in [3.05, 3.63) is 59.6 Å². The highest BCUT2D eigenvalue weighted by atomic mass is 19.1. The fourth-order valence-electron chi connectivity index (χ4n) is 4.70. The minimum atomic E-state index is -0.523. The summed E-state index contributed by atoms with van der Waals surface area (Å²) in [4.78, 5) is 22.4. The normalized spacial score (nSPS) is 14.6. The number of likely N-dealkylation sites (tertiary alicyclic amines) is 1. The molecule has 0 N–H and O–H groups in total. The molecule has 0 radical (unpaired) electrons. The molecule has 1 amide bonds. The van der Waals surface area contributed by atoms with Crippen LogP contribution in [0.3, 0.4) is 0 Å². The minimum absolute atomic E-state index is 0.107. The number of halogens is 1. The zero-order chi connectivity index (χ0) is 26.8. The molecular formula is C27H25FN8O2. The predicted molar refractivity (Wildman–Crippen MR) is 135 cm³/mol. The molecule has 0 saturated carbocycles. The zero-order valence-electron chi connectivity index (χ0n) is 21.2. The molecule has 11 heteroatoms. The lowest BCUT2D eigenvalue weighted by Crippen LogP contribution is -2.38. The summed E-state index contributed by atoms with van der Waals surface area (Å²) in [5, 5.41) is 18.5. The van der Waals surface area contributed by atoms with Gasteiger partial charge in [0.15, 0.2) is 0 Å². The van der Waals surface area contributed by atoms with Crippen LogP contribution in [-0.2, 0) is 4.79 Å². The van der Waals surface area contributed by atoms with Crippen molar-refractivity contribution in [1.82, 2.24) is 34.3 Å². The lowest BCUT2D eigenvalue weighted by Gasteiger charge is -2.31. The van der Waals surface area contributed by atoms with Gasteiger partial charge in [-0.05, 0) is 57.7 Å². The second-order valence-electron chi connectivity index (χ2n) is 9.06. The number of pyridine rings is 2. The maximum absolute atomic E-state index is 13.4. The number of nitriles is 1. The highest BCUT2D eigenvalue weighted by molar-refractivity contribution is 5.93. The van der Waals surface area contributed by atoms with Crippen LogP contribution in [0.2, 0.25) is 0 Å². The van der Waals surface area contributed by atoms with Gasteiger partial charge in [-0.25, -0.2) is 14.1 Å². The number of hydrogen-bond acceptors (Lipinski definition) is 7. The smallest absolute Gasteiger partial charge is 0.298 e. The van der Waals surface area contributed by atoms with Gasteiger partial charge in [-0.15, -0.1) is 5.10 Å². The highest BCUT2D eigenvalue weighted by Gasteiger charge is 2.26. The van der Waals surface area contributed by atoms with E-state index in [0.717, 1.165) is 30.3 Å². The molecule has 4 aromatic rings. The van der Waals surface area contributed by atoms with Crippen LogP contribution in [0.1, 0.15) is 55.9 Å². The summed E-state index contributed by atoms with van der Waals surface area (Å²) in [6.45, 7) is 6.63. The van der Waals surface area contributed by atoms with Gasteiger partial charge in [-0.2, -0.15) is 5.26 Å². The zero-order valence-corrected chi connectivity index (χ0v) is 21.2. The molecule has 0 unspecified atom stereocenters. The van der Waals surface area contributed by atoms with Gasteiger partial charge in [0.1, 0.15) is 35.0 Å². The van der Waals surface area contributed by atoms with Gasteiger partial charge in [0, 0.05) is 24.7 Å². The molecular weight excluding hydrogens is 487 g/mol. The summed E-state index contributed by atoms with van der Waals surface area (Å²) >= 11 is 0. The first-order chi connectivity index (χ1) is 18.4.